The number of carbonyl (C=O) groups is 1. The fourth-order valence-corrected chi connectivity index (χ4v) is 5.78. The normalized spacial score (nSPS) is 24.7. The average Bonchev–Trinajstić information content (AvgIpc) is 2.79. The molecule has 0 radical (unpaired) electrons. The second-order valence-corrected chi connectivity index (χ2v) is 9.80. The van der Waals surface area contributed by atoms with Crippen LogP contribution >= 0.6 is 11.6 Å². The minimum Gasteiger partial charge on any atom is -0.423 e. The van der Waals surface area contributed by atoms with E-state index in [1.54, 1.807) is 0 Å². The molecule has 2 aromatic carbocycles. The van der Waals surface area contributed by atoms with Crippen LogP contribution < -0.4 is 4.74 Å². The third-order valence-corrected chi connectivity index (χ3v) is 7.63. The van der Waals surface area contributed by atoms with Crippen LogP contribution in [0.5, 0.6) is 5.75 Å². The van der Waals surface area contributed by atoms with Crippen molar-refractivity contribution in [3.8, 4) is 5.75 Å². The predicted octanol–water partition coefficient (Wildman–Crippen LogP) is 8.24. The van der Waals surface area contributed by atoms with E-state index in [1.807, 2.05) is 6.08 Å². The molecule has 2 saturated carbocycles. The Morgan fingerprint density at radius 2 is 1.70 bits per heavy atom. The second kappa shape index (κ2) is 10.3. The summed E-state index contributed by atoms with van der Waals surface area (Å²) in [5.74, 6) is -1.59. The minimum atomic E-state index is -0.956. The third-order valence-electron chi connectivity index (χ3n) is 7.33. The molecule has 0 heterocycles. The van der Waals surface area contributed by atoms with E-state index in [9.17, 15) is 9.18 Å². The van der Waals surface area contributed by atoms with Crippen molar-refractivity contribution in [3.63, 3.8) is 0 Å². The topological polar surface area (TPSA) is 26.3 Å². The minimum absolute atomic E-state index is 0.0660. The molecule has 4 rings (SSSR count). The quantitative estimate of drug-likeness (QED) is 0.238. The maximum atomic E-state index is 15.0. The van der Waals surface area contributed by atoms with Gasteiger partial charge in [-0.3, -0.25) is 0 Å². The van der Waals surface area contributed by atoms with E-state index < -0.39 is 23.4 Å². The van der Waals surface area contributed by atoms with Gasteiger partial charge in [0.1, 0.15) is 23.2 Å². The molecule has 0 aliphatic heterocycles. The van der Waals surface area contributed by atoms with E-state index in [0.29, 0.717) is 11.8 Å². The Kier molecular flexibility index (Phi) is 7.48. The molecule has 4 unspecified atom stereocenters. The third kappa shape index (κ3) is 5.46. The predicted molar refractivity (Wildman–Crippen MR) is 123 cm³/mol. The summed E-state index contributed by atoms with van der Waals surface area (Å²) in [7, 11) is 0. The molecule has 2 aromatic rings. The number of esters is 1. The van der Waals surface area contributed by atoms with Crippen LogP contribution in [0.3, 0.4) is 0 Å². The van der Waals surface area contributed by atoms with Gasteiger partial charge < -0.3 is 4.74 Å². The molecule has 2 aliphatic carbocycles. The summed E-state index contributed by atoms with van der Waals surface area (Å²) in [6, 6.07) is 5.55. The zero-order chi connectivity index (χ0) is 23.5. The summed E-state index contributed by atoms with van der Waals surface area (Å²) in [5, 5.41) is -0.115. The molecule has 2 fully saturated rings. The van der Waals surface area contributed by atoms with Crippen molar-refractivity contribution in [2.75, 3.05) is 0 Å². The van der Waals surface area contributed by atoms with Gasteiger partial charge in [0.15, 0.2) is 0 Å². The molecule has 0 bridgehead atoms. The maximum absolute atomic E-state index is 15.0. The van der Waals surface area contributed by atoms with E-state index in [4.69, 9.17) is 16.3 Å². The first kappa shape index (κ1) is 23.9. The van der Waals surface area contributed by atoms with Gasteiger partial charge in [-0.15, -0.1) is 6.58 Å². The standard InChI is InChI=1S/C27H28ClF3O2/c1-2-3-4-16-5-6-18-12-19(8-7-17(18)11-16)26-24(30)13-20(14-25(26)31)27(32)33-21-9-10-22(28)23(29)15-21/h2,9-10,13-19H,1,3-8,11-12H2. The van der Waals surface area contributed by atoms with Gasteiger partial charge in [0.05, 0.1) is 10.6 Å². The monoisotopic (exact) mass is 476 g/mol. The molecule has 4 atom stereocenters. The number of carbonyl (C=O) groups excluding carboxylic acids is 1. The Morgan fingerprint density at radius 3 is 2.39 bits per heavy atom. The Labute approximate surface area is 197 Å². The van der Waals surface area contributed by atoms with E-state index in [0.717, 1.165) is 56.2 Å². The lowest BCUT2D eigenvalue weighted by atomic mass is 9.63. The molecular formula is C27H28ClF3O2. The number of allylic oxidation sites excluding steroid dienone is 1. The van der Waals surface area contributed by atoms with Crippen molar-refractivity contribution in [1.82, 2.24) is 0 Å². The maximum Gasteiger partial charge on any atom is 0.343 e. The van der Waals surface area contributed by atoms with Crippen LogP contribution in [0.1, 0.15) is 73.2 Å². The summed E-state index contributed by atoms with van der Waals surface area (Å²) < 4.78 is 48.6. The fraction of sp³-hybridized carbons (Fsp3) is 0.444. The summed E-state index contributed by atoms with van der Waals surface area (Å²) in [4.78, 5) is 12.4. The summed E-state index contributed by atoms with van der Waals surface area (Å²) in [6.07, 6.45) is 10.2. The van der Waals surface area contributed by atoms with Crippen molar-refractivity contribution in [2.45, 2.75) is 57.3 Å². The van der Waals surface area contributed by atoms with Crippen LogP contribution in [0, 0.1) is 35.2 Å². The highest BCUT2D eigenvalue weighted by molar-refractivity contribution is 6.30. The van der Waals surface area contributed by atoms with Crippen molar-refractivity contribution < 1.29 is 22.7 Å². The molecular weight excluding hydrogens is 449 g/mol. The van der Waals surface area contributed by atoms with Gasteiger partial charge >= 0.3 is 5.97 Å². The lowest BCUT2D eigenvalue weighted by Gasteiger charge is -2.42. The number of benzene rings is 2. The average molecular weight is 477 g/mol. The lowest BCUT2D eigenvalue weighted by Crippen LogP contribution is -2.31. The first-order valence-corrected chi connectivity index (χ1v) is 12.0. The second-order valence-electron chi connectivity index (χ2n) is 9.39. The number of ether oxygens (including phenoxy) is 1. The number of hydrogen-bond acceptors (Lipinski definition) is 2. The van der Waals surface area contributed by atoms with Gasteiger partial charge in [-0.2, -0.15) is 0 Å². The van der Waals surface area contributed by atoms with Crippen molar-refractivity contribution in [3.05, 3.63) is 76.6 Å². The fourth-order valence-electron chi connectivity index (χ4n) is 5.66. The smallest absolute Gasteiger partial charge is 0.343 e. The Bertz CT molecular complexity index is 1020. The molecule has 0 N–H and O–H groups in total. The molecule has 0 saturated heterocycles. The van der Waals surface area contributed by atoms with Crippen molar-refractivity contribution in [2.24, 2.45) is 17.8 Å². The van der Waals surface area contributed by atoms with Crippen LogP contribution in [0.25, 0.3) is 0 Å². The largest absolute Gasteiger partial charge is 0.423 e. The molecule has 6 heteroatoms. The summed E-state index contributed by atoms with van der Waals surface area (Å²) >= 11 is 5.62. The van der Waals surface area contributed by atoms with Crippen LogP contribution in [0.15, 0.2) is 43.0 Å². The number of halogens is 4. The van der Waals surface area contributed by atoms with Crippen LogP contribution in [0.2, 0.25) is 5.02 Å². The molecule has 33 heavy (non-hydrogen) atoms. The van der Waals surface area contributed by atoms with Crippen LogP contribution in [-0.4, -0.2) is 5.97 Å². The van der Waals surface area contributed by atoms with Crippen molar-refractivity contribution in [1.29, 1.82) is 0 Å². The first-order chi connectivity index (χ1) is 15.9. The highest BCUT2D eigenvalue weighted by atomic mass is 35.5. The molecule has 176 valence electrons. The van der Waals surface area contributed by atoms with Gasteiger partial charge in [-0.05, 0) is 92.9 Å². The van der Waals surface area contributed by atoms with E-state index >= 15 is 8.78 Å². The zero-order valence-corrected chi connectivity index (χ0v) is 19.2. The Hall–Kier alpha value is -2.27. The lowest BCUT2D eigenvalue weighted by molar-refractivity contribution is 0.0733. The number of fused-ring (bicyclic) bond motifs is 1. The van der Waals surface area contributed by atoms with Crippen LogP contribution in [-0.2, 0) is 0 Å². The van der Waals surface area contributed by atoms with Gasteiger partial charge in [-0.1, -0.05) is 24.1 Å². The zero-order valence-electron chi connectivity index (χ0n) is 18.5. The van der Waals surface area contributed by atoms with Crippen molar-refractivity contribution >= 4 is 17.6 Å². The Morgan fingerprint density at radius 1 is 1.00 bits per heavy atom. The molecule has 2 aliphatic rings. The molecule has 2 nitrogen and oxygen atoms in total. The van der Waals surface area contributed by atoms with Gasteiger partial charge in [0.2, 0.25) is 0 Å². The van der Waals surface area contributed by atoms with Gasteiger partial charge in [0, 0.05) is 11.6 Å². The number of rotatable bonds is 6. The number of hydrogen-bond donors (Lipinski definition) is 0. The summed E-state index contributed by atoms with van der Waals surface area (Å²) in [5.41, 5.74) is -0.183. The van der Waals surface area contributed by atoms with E-state index in [2.05, 4.69) is 6.58 Å². The SMILES string of the molecule is C=CCCC1CCC2CC(c3c(F)cc(C(=O)Oc4ccc(Cl)c(F)c4)cc3F)CCC2C1. The molecule has 0 spiro atoms. The first-order valence-electron chi connectivity index (χ1n) is 11.6. The van der Waals surface area contributed by atoms with Gasteiger partial charge in [-0.25, -0.2) is 18.0 Å². The van der Waals surface area contributed by atoms with Gasteiger partial charge in [0.25, 0.3) is 0 Å². The molecule has 0 aromatic heterocycles. The van der Waals surface area contributed by atoms with E-state index in [-0.39, 0.29) is 27.8 Å². The summed E-state index contributed by atoms with van der Waals surface area (Å²) in [6.45, 7) is 3.81. The highest BCUT2D eigenvalue weighted by Crippen LogP contribution is 2.49. The van der Waals surface area contributed by atoms with E-state index in [1.165, 1.54) is 31.4 Å². The Balaban J connectivity index is 1.44. The van der Waals surface area contributed by atoms with Crippen LogP contribution in [0.4, 0.5) is 13.2 Å². The highest BCUT2D eigenvalue weighted by Gasteiger charge is 2.37. The molecule has 0 amide bonds.